The van der Waals surface area contributed by atoms with Gasteiger partial charge in [0.1, 0.15) is 23.8 Å². The van der Waals surface area contributed by atoms with E-state index in [9.17, 15) is 23.5 Å². The van der Waals surface area contributed by atoms with E-state index in [2.05, 4.69) is 5.32 Å². The number of carbonyl (C=O) groups is 2. The Kier molecular flexibility index (Phi) is 11.1. The van der Waals surface area contributed by atoms with Crippen molar-refractivity contribution in [3.05, 3.63) is 70.3 Å². The molecule has 2 amide bonds. The first-order valence-electron chi connectivity index (χ1n) is 13.9. The lowest BCUT2D eigenvalue weighted by molar-refractivity contribution is -0.878. The Morgan fingerprint density at radius 2 is 1.72 bits per heavy atom. The minimum Gasteiger partial charge on any atom is -0.386 e. The van der Waals surface area contributed by atoms with Crippen LogP contribution in [0.1, 0.15) is 71.4 Å². The standard InChI is InChI=1S/C30H41F2N3O4/c1-4-8-35(9-5-2,30(38)23-12-20(3)11-22(16-23)29(33)37)27(15-21-13-24(31)17-25(32)14-21)28(36)19-34-18-26-7-6-10-39-26/h11-14,16-17,26-28,34,36H,4-10,15,18-19H2,1-3H3,(H-,33,37)/p+1/t26-,27-,28+/m0/s1. The average Bonchev–Trinajstić information content (AvgIpc) is 3.39. The lowest BCUT2D eigenvalue weighted by Crippen LogP contribution is -2.66. The molecule has 3 rings (SSSR count). The molecule has 1 fully saturated rings. The largest absolute Gasteiger partial charge is 0.386 e. The van der Waals surface area contributed by atoms with Gasteiger partial charge in [-0.05, 0) is 74.1 Å². The lowest BCUT2D eigenvalue weighted by atomic mass is 9.93. The summed E-state index contributed by atoms with van der Waals surface area (Å²) in [5, 5.41) is 14.9. The van der Waals surface area contributed by atoms with E-state index < -0.39 is 29.7 Å². The molecule has 3 atom stereocenters. The summed E-state index contributed by atoms with van der Waals surface area (Å²) in [4.78, 5) is 26.4. The summed E-state index contributed by atoms with van der Waals surface area (Å²) >= 11 is 0. The maximum absolute atomic E-state index is 14.4. The third kappa shape index (κ3) is 7.91. The minimum absolute atomic E-state index is 0.0691. The number of aliphatic hydroxyl groups is 1. The summed E-state index contributed by atoms with van der Waals surface area (Å²) in [5.74, 6) is -2.32. The van der Waals surface area contributed by atoms with Crippen LogP contribution >= 0.6 is 0 Å². The van der Waals surface area contributed by atoms with Crippen LogP contribution in [0.25, 0.3) is 0 Å². The van der Waals surface area contributed by atoms with E-state index in [4.69, 9.17) is 10.5 Å². The second kappa shape index (κ2) is 14.1. The topological polar surface area (TPSA) is 102 Å². The third-order valence-electron chi connectivity index (χ3n) is 7.45. The Balaban J connectivity index is 2.06. The highest BCUT2D eigenvalue weighted by molar-refractivity contribution is 5.97. The van der Waals surface area contributed by atoms with Crippen LogP contribution in [-0.4, -0.2) is 72.4 Å². The molecule has 39 heavy (non-hydrogen) atoms. The molecule has 1 saturated heterocycles. The number of nitrogens with zero attached hydrogens (tertiary/aromatic N) is 1. The highest BCUT2D eigenvalue weighted by Gasteiger charge is 2.47. The SMILES string of the molecule is CCC[N+](CCC)(C(=O)c1cc(C)cc(C(N)=O)c1)[C@@H](Cc1cc(F)cc(F)c1)[C@H](O)CNC[C@@H]1CCCO1. The number of ether oxygens (including phenoxy) is 1. The normalized spacial score (nSPS) is 17.2. The number of aryl methyl sites for hydroxylation is 1. The number of halogens is 2. The fourth-order valence-electron chi connectivity index (χ4n) is 5.85. The Bertz CT molecular complexity index is 1110. The van der Waals surface area contributed by atoms with Gasteiger partial charge in [-0.3, -0.25) is 9.28 Å². The van der Waals surface area contributed by atoms with E-state index in [1.54, 1.807) is 19.1 Å². The van der Waals surface area contributed by atoms with Crippen LogP contribution < -0.4 is 11.1 Å². The van der Waals surface area contributed by atoms with Gasteiger partial charge < -0.3 is 20.9 Å². The van der Waals surface area contributed by atoms with Crippen molar-refractivity contribution < 1.29 is 32.7 Å². The van der Waals surface area contributed by atoms with Gasteiger partial charge in [0.2, 0.25) is 5.91 Å². The number of rotatable bonds is 14. The van der Waals surface area contributed by atoms with Crippen LogP contribution in [0.3, 0.4) is 0 Å². The molecule has 1 aliphatic rings. The monoisotopic (exact) mass is 546 g/mol. The van der Waals surface area contributed by atoms with E-state index >= 15 is 0 Å². The molecule has 2 aromatic carbocycles. The molecule has 0 bridgehead atoms. The van der Waals surface area contributed by atoms with Gasteiger partial charge in [-0.25, -0.2) is 13.6 Å². The van der Waals surface area contributed by atoms with Crippen LogP contribution in [0.2, 0.25) is 0 Å². The fraction of sp³-hybridized carbons (Fsp3) is 0.533. The zero-order chi connectivity index (χ0) is 28.6. The van der Waals surface area contributed by atoms with E-state index in [1.165, 1.54) is 18.2 Å². The number of amides is 2. The van der Waals surface area contributed by atoms with Gasteiger partial charge in [-0.2, -0.15) is 0 Å². The Labute approximate surface area is 229 Å². The highest BCUT2D eigenvalue weighted by Crippen LogP contribution is 2.28. The molecule has 1 aliphatic heterocycles. The van der Waals surface area contributed by atoms with Crippen molar-refractivity contribution in [3.63, 3.8) is 0 Å². The number of benzene rings is 2. The molecule has 0 radical (unpaired) electrons. The van der Waals surface area contributed by atoms with Crippen LogP contribution in [0.5, 0.6) is 0 Å². The maximum Gasteiger partial charge on any atom is 0.346 e. The first kappa shape index (κ1) is 30.8. The summed E-state index contributed by atoms with van der Waals surface area (Å²) in [6.07, 6.45) is 2.33. The van der Waals surface area contributed by atoms with Gasteiger partial charge in [0.25, 0.3) is 0 Å². The number of nitrogens with one attached hydrogen (secondary N) is 1. The van der Waals surface area contributed by atoms with Gasteiger partial charge in [0.15, 0.2) is 0 Å². The summed E-state index contributed by atoms with van der Waals surface area (Å²) in [6.45, 7) is 7.97. The van der Waals surface area contributed by atoms with Gasteiger partial charge in [-0.1, -0.05) is 13.8 Å². The van der Waals surface area contributed by atoms with E-state index in [1.807, 2.05) is 13.8 Å². The molecule has 0 spiro atoms. The van der Waals surface area contributed by atoms with Gasteiger partial charge >= 0.3 is 5.91 Å². The van der Waals surface area contributed by atoms with Crippen molar-refractivity contribution in [3.8, 4) is 0 Å². The van der Waals surface area contributed by atoms with Crippen molar-refractivity contribution in [1.29, 1.82) is 0 Å². The minimum atomic E-state index is -1.01. The molecule has 0 unspecified atom stereocenters. The molecular formula is C30H42F2N3O4+. The van der Waals surface area contributed by atoms with E-state index in [0.717, 1.165) is 18.9 Å². The first-order chi connectivity index (χ1) is 18.6. The number of nitrogens with two attached hydrogens (primary N) is 1. The predicted octanol–water partition coefficient (Wildman–Crippen LogP) is 3.89. The lowest BCUT2D eigenvalue weighted by Gasteiger charge is -2.44. The number of hydrogen-bond donors (Lipinski definition) is 3. The Hall–Kier alpha value is -2.72. The van der Waals surface area contributed by atoms with Crippen LogP contribution in [0.4, 0.5) is 8.78 Å². The smallest absolute Gasteiger partial charge is 0.346 e. The van der Waals surface area contributed by atoms with Crippen molar-refractivity contribution >= 4 is 11.8 Å². The number of quaternary nitrogens is 1. The third-order valence-corrected chi connectivity index (χ3v) is 7.45. The molecule has 7 nitrogen and oxygen atoms in total. The fourth-order valence-corrected chi connectivity index (χ4v) is 5.85. The summed E-state index contributed by atoms with van der Waals surface area (Å²) in [6, 6.07) is 7.43. The molecule has 0 aliphatic carbocycles. The van der Waals surface area contributed by atoms with Crippen molar-refractivity contribution in [2.45, 2.75) is 71.1 Å². The van der Waals surface area contributed by atoms with Gasteiger partial charge in [0.05, 0.1) is 24.8 Å². The van der Waals surface area contributed by atoms with Crippen LogP contribution in [0.15, 0.2) is 36.4 Å². The molecule has 0 saturated carbocycles. The molecule has 9 heteroatoms. The molecule has 214 valence electrons. The molecule has 0 aromatic heterocycles. The van der Waals surface area contributed by atoms with Crippen molar-refractivity contribution in [2.75, 3.05) is 32.8 Å². The molecule has 4 N–H and O–H groups in total. The van der Waals surface area contributed by atoms with Crippen LogP contribution in [0, 0.1) is 18.6 Å². The number of primary amides is 1. The van der Waals surface area contributed by atoms with E-state index in [0.29, 0.717) is 55.8 Å². The summed E-state index contributed by atoms with van der Waals surface area (Å²) in [5.41, 5.74) is 7.16. The summed E-state index contributed by atoms with van der Waals surface area (Å²) < 4.78 is 33.9. The number of carbonyl (C=O) groups excluding carboxylic acids is 2. The molecule has 1 heterocycles. The van der Waals surface area contributed by atoms with Crippen molar-refractivity contribution in [2.24, 2.45) is 5.73 Å². The Morgan fingerprint density at radius 3 is 2.28 bits per heavy atom. The second-order valence-electron chi connectivity index (χ2n) is 10.6. The number of aliphatic hydroxyl groups excluding tert-OH is 1. The Morgan fingerprint density at radius 1 is 1.08 bits per heavy atom. The average molecular weight is 547 g/mol. The molecular weight excluding hydrogens is 504 g/mol. The summed E-state index contributed by atoms with van der Waals surface area (Å²) in [7, 11) is 0. The zero-order valence-electron chi connectivity index (χ0n) is 23.2. The predicted molar refractivity (Wildman–Crippen MR) is 146 cm³/mol. The van der Waals surface area contributed by atoms with E-state index in [-0.39, 0.29) is 35.0 Å². The first-order valence-corrected chi connectivity index (χ1v) is 13.9. The molecule has 2 aromatic rings. The van der Waals surface area contributed by atoms with Gasteiger partial charge in [-0.15, -0.1) is 0 Å². The quantitative estimate of drug-likeness (QED) is 0.312. The van der Waals surface area contributed by atoms with Crippen molar-refractivity contribution in [1.82, 2.24) is 5.32 Å². The zero-order valence-corrected chi connectivity index (χ0v) is 23.2. The number of hydrogen-bond acceptors (Lipinski definition) is 5. The second-order valence-corrected chi connectivity index (χ2v) is 10.6. The highest BCUT2D eigenvalue weighted by atomic mass is 19.1. The van der Waals surface area contributed by atoms with Crippen LogP contribution in [-0.2, 0) is 11.2 Å². The maximum atomic E-state index is 14.4. The van der Waals surface area contributed by atoms with Gasteiger partial charge in [0, 0.05) is 37.7 Å².